The molecule has 1 atom stereocenters. The topological polar surface area (TPSA) is 26.3 Å². The van der Waals surface area contributed by atoms with Crippen molar-refractivity contribution in [3.05, 3.63) is 35.4 Å². The van der Waals surface area contributed by atoms with Crippen LogP contribution in [0, 0.1) is 0 Å². The number of carbonyl (C=O) groups excluding carboxylic acids is 1. The molecule has 14 heavy (non-hydrogen) atoms. The number of rotatable bonds is 1. The molecule has 1 aliphatic rings. The van der Waals surface area contributed by atoms with Crippen molar-refractivity contribution in [3.63, 3.8) is 0 Å². The van der Waals surface area contributed by atoms with Gasteiger partial charge in [0.15, 0.2) is 0 Å². The van der Waals surface area contributed by atoms with E-state index in [2.05, 4.69) is 0 Å². The first-order chi connectivity index (χ1) is 6.83. The SMILES string of the molecule is CC.CCC1OC(=O)c2ccccc21. The molecule has 2 heteroatoms. The van der Waals surface area contributed by atoms with Crippen molar-refractivity contribution in [1.82, 2.24) is 0 Å². The van der Waals surface area contributed by atoms with E-state index in [4.69, 9.17) is 4.74 Å². The van der Waals surface area contributed by atoms with Crippen LogP contribution in [-0.2, 0) is 4.74 Å². The van der Waals surface area contributed by atoms with Gasteiger partial charge in [-0.25, -0.2) is 4.79 Å². The number of cyclic esters (lactones) is 1. The molecule has 0 amide bonds. The van der Waals surface area contributed by atoms with E-state index in [1.165, 1.54) is 0 Å². The third-order valence-corrected chi connectivity index (χ3v) is 2.15. The number of ether oxygens (including phenoxy) is 1. The Kier molecular flexibility index (Phi) is 3.69. The lowest BCUT2D eigenvalue weighted by molar-refractivity contribution is 0.0378. The smallest absolute Gasteiger partial charge is 0.339 e. The minimum atomic E-state index is -0.183. The lowest BCUT2D eigenvalue weighted by atomic mass is 10.0. The summed E-state index contributed by atoms with van der Waals surface area (Å²) in [5.41, 5.74) is 1.76. The highest BCUT2D eigenvalue weighted by atomic mass is 16.5. The minimum absolute atomic E-state index is 0.0197. The van der Waals surface area contributed by atoms with Gasteiger partial charge in [0.05, 0.1) is 5.56 Å². The van der Waals surface area contributed by atoms with E-state index >= 15 is 0 Å². The van der Waals surface area contributed by atoms with Crippen LogP contribution in [0.15, 0.2) is 24.3 Å². The second-order valence-electron chi connectivity index (χ2n) is 2.89. The zero-order chi connectivity index (χ0) is 10.6. The zero-order valence-electron chi connectivity index (χ0n) is 8.91. The second-order valence-corrected chi connectivity index (χ2v) is 2.89. The maximum absolute atomic E-state index is 11.2. The highest BCUT2D eigenvalue weighted by molar-refractivity contribution is 5.93. The van der Waals surface area contributed by atoms with E-state index in [0.29, 0.717) is 0 Å². The number of hydrogen-bond acceptors (Lipinski definition) is 2. The Hall–Kier alpha value is -1.31. The van der Waals surface area contributed by atoms with Crippen LogP contribution in [0.5, 0.6) is 0 Å². The minimum Gasteiger partial charge on any atom is -0.454 e. The summed E-state index contributed by atoms with van der Waals surface area (Å²) < 4.78 is 5.14. The van der Waals surface area contributed by atoms with Crippen molar-refractivity contribution in [2.24, 2.45) is 0 Å². The molecule has 76 valence electrons. The maximum atomic E-state index is 11.2. The van der Waals surface area contributed by atoms with Crippen molar-refractivity contribution >= 4 is 5.97 Å². The van der Waals surface area contributed by atoms with E-state index in [0.717, 1.165) is 17.5 Å². The molecule has 0 spiro atoms. The fourth-order valence-electron chi connectivity index (χ4n) is 1.52. The summed E-state index contributed by atoms with van der Waals surface area (Å²) in [6, 6.07) is 7.56. The molecule has 1 aromatic carbocycles. The molecule has 2 rings (SSSR count). The number of carbonyl (C=O) groups is 1. The third-order valence-electron chi connectivity index (χ3n) is 2.15. The van der Waals surface area contributed by atoms with Crippen molar-refractivity contribution in [2.75, 3.05) is 0 Å². The molecule has 0 N–H and O–H groups in total. The summed E-state index contributed by atoms with van der Waals surface area (Å²) in [5.74, 6) is -0.183. The molecule has 0 bridgehead atoms. The van der Waals surface area contributed by atoms with Crippen molar-refractivity contribution in [1.29, 1.82) is 0 Å². The summed E-state index contributed by atoms with van der Waals surface area (Å²) >= 11 is 0. The normalized spacial score (nSPS) is 17.9. The van der Waals surface area contributed by atoms with E-state index in [1.54, 1.807) is 0 Å². The van der Waals surface area contributed by atoms with Crippen LogP contribution < -0.4 is 0 Å². The molecular formula is C12H16O2. The van der Waals surface area contributed by atoms with Gasteiger partial charge in [0.2, 0.25) is 0 Å². The molecule has 0 aliphatic carbocycles. The first-order valence-corrected chi connectivity index (χ1v) is 5.13. The predicted octanol–water partition coefficient (Wildman–Crippen LogP) is 3.33. The second kappa shape index (κ2) is 4.80. The van der Waals surface area contributed by atoms with E-state index in [1.807, 2.05) is 45.0 Å². The average molecular weight is 192 g/mol. The van der Waals surface area contributed by atoms with Crippen LogP contribution in [0.4, 0.5) is 0 Å². The van der Waals surface area contributed by atoms with Gasteiger partial charge in [-0.2, -0.15) is 0 Å². The molecule has 0 aromatic heterocycles. The fraction of sp³-hybridized carbons (Fsp3) is 0.417. The third kappa shape index (κ3) is 1.79. The van der Waals surface area contributed by atoms with Gasteiger partial charge in [-0.05, 0) is 12.5 Å². The number of hydrogen-bond donors (Lipinski definition) is 0. The van der Waals surface area contributed by atoms with Crippen LogP contribution in [0.1, 0.15) is 49.2 Å². The van der Waals surface area contributed by atoms with Crippen molar-refractivity contribution in [3.8, 4) is 0 Å². The van der Waals surface area contributed by atoms with Crippen LogP contribution >= 0.6 is 0 Å². The van der Waals surface area contributed by atoms with Gasteiger partial charge in [-0.1, -0.05) is 39.0 Å². The quantitative estimate of drug-likeness (QED) is 0.638. The van der Waals surface area contributed by atoms with E-state index in [9.17, 15) is 4.79 Å². The van der Waals surface area contributed by atoms with Crippen LogP contribution in [0.3, 0.4) is 0 Å². The zero-order valence-corrected chi connectivity index (χ0v) is 8.91. The Balaban J connectivity index is 0.000000461. The van der Waals surface area contributed by atoms with Crippen LogP contribution in [0.2, 0.25) is 0 Å². The van der Waals surface area contributed by atoms with E-state index in [-0.39, 0.29) is 12.1 Å². The molecule has 0 fully saturated rings. The van der Waals surface area contributed by atoms with Crippen molar-refractivity contribution in [2.45, 2.75) is 33.3 Å². The number of esters is 1. The standard InChI is InChI=1S/C10H10O2.C2H6/c1-2-9-7-5-3-4-6-8(7)10(11)12-9;1-2/h3-6,9H,2H2,1H3;1-2H3. The van der Waals surface area contributed by atoms with Gasteiger partial charge < -0.3 is 4.74 Å². The summed E-state index contributed by atoms with van der Waals surface area (Å²) in [6.07, 6.45) is 0.830. The first-order valence-electron chi connectivity index (χ1n) is 5.13. The van der Waals surface area contributed by atoms with Gasteiger partial charge in [0.1, 0.15) is 6.10 Å². The summed E-state index contributed by atoms with van der Waals surface area (Å²) in [4.78, 5) is 11.2. The highest BCUT2D eigenvalue weighted by Crippen LogP contribution is 2.32. The molecule has 1 heterocycles. The van der Waals surface area contributed by atoms with Crippen LogP contribution in [0.25, 0.3) is 0 Å². The summed E-state index contributed by atoms with van der Waals surface area (Å²) in [5, 5.41) is 0. The van der Waals surface area contributed by atoms with Gasteiger partial charge >= 0.3 is 5.97 Å². The monoisotopic (exact) mass is 192 g/mol. The summed E-state index contributed by atoms with van der Waals surface area (Å²) in [7, 11) is 0. The lowest BCUT2D eigenvalue weighted by Gasteiger charge is -2.05. The molecule has 1 unspecified atom stereocenters. The Labute approximate surface area is 84.9 Å². The Morgan fingerprint density at radius 2 is 1.93 bits per heavy atom. The molecule has 0 radical (unpaired) electrons. The van der Waals surface area contributed by atoms with Gasteiger partial charge in [-0.15, -0.1) is 0 Å². The predicted molar refractivity (Wildman–Crippen MR) is 56.2 cm³/mol. The first kappa shape index (κ1) is 10.8. The fourth-order valence-corrected chi connectivity index (χ4v) is 1.52. The largest absolute Gasteiger partial charge is 0.454 e. The molecule has 1 aliphatic heterocycles. The molecule has 0 saturated carbocycles. The Morgan fingerprint density at radius 3 is 2.57 bits per heavy atom. The lowest BCUT2D eigenvalue weighted by Crippen LogP contribution is -1.96. The Bertz CT molecular complexity index is 318. The number of benzene rings is 1. The molecule has 1 aromatic rings. The molecular weight excluding hydrogens is 176 g/mol. The molecule has 0 saturated heterocycles. The van der Waals surface area contributed by atoms with Gasteiger partial charge in [0, 0.05) is 5.56 Å². The van der Waals surface area contributed by atoms with E-state index < -0.39 is 0 Å². The summed E-state index contributed by atoms with van der Waals surface area (Å²) in [6.45, 7) is 6.01. The van der Waals surface area contributed by atoms with Crippen molar-refractivity contribution < 1.29 is 9.53 Å². The Morgan fingerprint density at radius 1 is 1.29 bits per heavy atom. The maximum Gasteiger partial charge on any atom is 0.339 e. The molecule has 2 nitrogen and oxygen atoms in total. The van der Waals surface area contributed by atoms with Gasteiger partial charge in [0.25, 0.3) is 0 Å². The number of fused-ring (bicyclic) bond motifs is 1. The van der Waals surface area contributed by atoms with Gasteiger partial charge in [-0.3, -0.25) is 0 Å². The highest BCUT2D eigenvalue weighted by Gasteiger charge is 2.28. The van der Waals surface area contributed by atoms with Crippen LogP contribution in [-0.4, -0.2) is 5.97 Å². The average Bonchev–Trinajstić information content (AvgIpc) is 2.59.